The van der Waals surface area contributed by atoms with Gasteiger partial charge in [0.2, 0.25) is 0 Å². The third-order valence-electron chi connectivity index (χ3n) is 1.86. The van der Waals surface area contributed by atoms with E-state index < -0.39 is 5.97 Å². The van der Waals surface area contributed by atoms with Crippen molar-refractivity contribution in [3.05, 3.63) is 53.8 Å². The van der Waals surface area contributed by atoms with E-state index in [9.17, 15) is 4.79 Å². The first kappa shape index (κ1) is 11.0. The lowest BCUT2D eigenvalue weighted by atomic mass is 10.1. The highest BCUT2D eigenvalue weighted by Crippen LogP contribution is 2.10. The Balaban J connectivity index is 2.89. The van der Waals surface area contributed by atoms with Gasteiger partial charge in [0.25, 0.3) is 0 Å². The molecule has 0 saturated carbocycles. The maximum atomic E-state index is 10.8. The Labute approximate surface area is 88.0 Å². The number of carbonyl (C=O) groups is 1. The molecule has 78 valence electrons. The zero-order valence-corrected chi connectivity index (χ0v) is 8.13. The van der Waals surface area contributed by atoms with Crippen molar-refractivity contribution >= 4 is 12.0 Å². The Morgan fingerprint density at radius 2 is 1.93 bits per heavy atom. The first-order valence-corrected chi connectivity index (χ1v) is 4.52. The molecule has 0 saturated heterocycles. The molecule has 1 aromatic carbocycles. The van der Waals surface area contributed by atoms with Gasteiger partial charge in [-0.15, -0.1) is 0 Å². The summed E-state index contributed by atoms with van der Waals surface area (Å²) in [6.07, 6.45) is 4.04. The number of aliphatic carboxylic acids is 1. The van der Waals surface area contributed by atoms with Gasteiger partial charge in [0.15, 0.2) is 0 Å². The summed E-state index contributed by atoms with van der Waals surface area (Å²) in [4.78, 5) is 10.8. The van der Waals surface area contributed by atoms with E-state index in [0.717, 1.165) is 11.8 Å². The molecule has 0 fully saturated rings. The van der Waals surface area contributed by atoms with Crippen molar-refractivity contribution in [3.63, 3.8) is 0 Å². The number of hydrogen-bond donors (Lipinski definition) is 2. The van der Waals surface area contributed by atoms with Crippen molar-refractivity contribution in [2.45, 2.75) is 6.42 Å². The van der Waals surface area contributed by atoms with Crippen LogP contribution in [0.2, 0.25) is 0 Å². The zero-order valence-electron chi connectivity index (χ0n) is 8.13. The third kappa shape index (κ3) is 3.68. The average molecular weight is 204 g/mol. The largest absolute Gasteiger partial charge is 0.516 e. The summed E-state index contributed by atoms with van der Waals surface area (Å²) in [7, 11) is 0. The Hall–Kier alpha value is -2.03. The summed E-state index contributed by atoms with van der Waals surface area (Å²) in [6, 6.07) is 9.20. The average Bonchev–Trinajstić information content (AvgIpc) is 2.25. The van der Waals surface area contributed by atoms with Crippen LogP contribution in [0.4, 0.5) is 0 Å². The van der Waals surface area contributed by atoms with Gasteiger partial charge in [-0.2, -0.15) is 0 Å². The van der Waals surface area contributed by atoms with E-state index in [1.165, 1.54) is 6.08 Å². The number of carboxylic acid groups (broad SMARTS) is 1. The number of benzene rings is 1. The van der Waals surface area contributed by atoms with Crippen LogP contribution >= 0.6 is 0 Å². The lowest BCUT2D eigenvalue weighted by molar-refractivity contribution is -0.132. The molecular formula is C12H12O3. The molecule has 3 nitrogen and oxygen atoms in total. The fourth-order valence-corrected chi connectivity index (χ4v) is 1.14. The summed E-state index contributed by atoms with van der Waals surface area (Å²) in [5.74, 6) is -0.975. The number of hydrogen-bond acceptors (Lipinski definition) is 2. The molecule has 0 spiro atoms. The van der Waals surface area contributed by atoms with Crippen molar-refractivity contribution < 1.29 is 15.0 Å². The number of allylic oxidation sites excluding steroid dienone is 1. The molecule has 0 heterocycles. The van der Waals surface area contributed by atoms with Crippen LogP contribution in [0.1, 0.15) is 12.0 Å². The minimum atomic E-state index is -0.975. The molecule has 0 aliphatic rings. The highest BCUT2D eigenvalue weighted by atomic mass is 16.4. The summed E-state index contributed by atoms with van der Waals surface area (Å²) in [5.41, 5.74) is 1.08. The molecule has 0 unspecified atom stereocenters. The molecule has 0 aliphatic carbocycles. The fourth-order valence-electron chi connectivity index (χ4n) is 1.14. The van der Waals surface area contributed by atoms with Gasteiger partial charge < -0.3 is 10.2 Å². The molecule has 2 N–H and O–H groups in total. The molecule has 0 bridgehead atoms. The lowest BCUT2D eigenvalue weighted by Gasteiger charge is -1.98. The topological polar surface area (TPSA) is 57.5 Å². The van der Waals surface area contributed by atoms with E-state index >= 15 is 0 Å². The van der Waals surface area contributed by atoms with Gasteiger partial charge in [0.05, 0.1) is 6.26 Å². The van der Waals surface area contributed by atoms with Crippen LogP contribution in [0.25, 0.3) is 6.08 Å². The first-order valence-electron chi connectivity index (χ1n) is 4.52. The quantitative estimate of drug-likeness (QED) is 0.585. The molecule has 1 aromatic rings. The molecule has 0 aromatic heterocycles. The van der Waals surface area contributed by atoms with Crippen molar-refractivity contribution in [2.75, 3.05) is 0 Å². The van der Waals surface area contributed by atoms with Crippen LogP contribution in [-0.4, -0.2) is 16.2 Å². The van der Waals surface area contributed by atoms with E-state index in [4.69, 9.17) is 10.2 Å². The number of rotatable bonds is 4. The van der Waals surface area contributed by atoms with Crippen molar-refractivity contribution in [3.8, 4) is 0 Å². The van der Waals surface area contributed by atoms with Crippen LogP contribution in [0.15, 0.2) is 48.2 Å². The van der Waals surface area contributed by atoms with Gasteiger partial charge in [-0.3, -0.25) is 0 Å². The van der Waals surface area contributed by atoms with Gasteiger partial charge >= 0.3 is 5.97 Å². The second kappa shape index (κ2) is 5.65. The molecule has 0 amide bonds. The third-order valence-corrected chi connectivity index (χ3v) is 1.86. The Morgan fingerprint density at radius 3 is 2.47 bits per heavy atom. The maximum Gasteiger partial charge on any atom is 0.331 e. The zero-order chi connectivity index (χ0) is 11.1. The monoisotopic (exact) mass is 204 g/mol. The van der Waals surface area contributed by atoms with Gasteiger partial charge in [-0.25, -0.2) is 4.79 Å². The fraction of sp³-hybridized carbons (Fsp3) is 0.0833. The van der Waals surface area contributed by atoms with Crippen molar-refractivity contribution in [1.29, 1.82) is 0 Å². The number of carboxylic acids is 1. The molecular weight excluding hydrogens is 192 g/mol. The Morgan fingerprint density at radius 1 is 1.27 bits per heavy atom. The van der Waals surface area contributed by atoms with E-state index in [1.807, 2.05) is 30.3 Å². The molecule has 0 radical (unpaired) electrons. The van der Waals surface area contributed by atoms with Crippen LogP contribution in [0.5, 0.6) is 0 Å². The summed E-state index contributed by atoms with van der Waals surface area (Å²) < 4.78 is 0. The minimum Gasteiger partial charge on any atom is -0.516 e. The standard InChI is InChI=1S/C12H12O3/c13-8-4-7-11(12(14)15)9-10-5-2-1-3-6-10/h1-6,8-9,13H,7H2,(H,14,15). The minimum absolute atomic E-state index is 0.209. The summed E-state index contributed by atoms with van der Waals surface area (Å²) >= 11 is 0. The highest BCUT2D eigenvalue weighted by molar-refractivity contribution is 5.92. The Bertz CT molecular complexity index is 377. The van der Waals surface area contributed by atoms with Crippen LogP contribution < -0.4 is 0 Å². The molecule has 3 heteroatoms. The van der Waals surface area contributed by atoms with Crippen LogP contribution in [-0.2, 0) is 4.79 Å². The predicted molar refractivity (Wildman–Crippen MR) is 58.4 cm³/mol. The van der Waals surface area contributed by atoms with E-state index in [0.29, 0.717) is 0 Å². The van der Waals surface area contributed by atoms with E-state index in [2.05, 4.69) is 0 Å². The Kier molecular flexibility index (Phi) is 4.16. The first-order chi connectivity index (χ1) is 7.24. The van der Waals surface area contributed by atoms with E-state index in [-0.39, 0.29) is 12.0 Å². The molecule has 0 atom stereocenters. The van der Waals surface area contributed by atoms with Gasteiger partial charge in [0, 0.05) is 12.0 Å². The van der Waals surface area contributed by atoms with Crippen molar-refractivity contribution in [1.82, 2.24) is 0 Å². The normalized spacial score (nSPS) is 11.9. The SMILES string of the molecule is O=C(O)C(=Cc1ccccc1)CC=CO. The molecule has 15 heavy (non-hydrogen) atoms. The van der Waals surface area contributed by atoms with Gasteiger partial charge in [0.1, 0.15) is 0 Å². The maximum absolute atomic E-state index is 10.8. The number of aliphatic hydroxyl groups excluding tert-OH is 1. The van der Waals surface area contributed by atoms with E-state index in [1.54, 1.807) is 6.08 Å². The summed E-state index contributed by atoms with van der Waals surface area (Å²) in [5, 5.41) is 17.3. The summed E-state index contributed by atoms with van der Waals surface area (Å²) in [6.45, 7) is 0. The molecule has 1 rings (SSSR count). The molecule has 0 aliphatic heterocycles. The lowest BCUT2D eigenvalue weighted by Crippen LogP contribution is -1.99. The van der Waals surface area contributed by atoms with Gasteiger partial charge in [-0.1, -0.05) is 30.3 Å². The second-order valence-electron chi connectivity index (χ2n) is 2.97. The smallest absolute Gasteiger partial charge is 0.331 e. The second-order valence-corrected chi connectivity index (χ2v) is 2.97. The number of aliphatic hydroxyl groups is 1. The van der Waals surface area contributed by atoms with Crippen molar-refractivity contribution in [2.24, 2.45) is 0 Å². The van der Waals surface area contributed by atoms with Crippen LogP contribution in [0, 0.1) is 0 Å². The highest BCUT2D eigenvalue weighted by Gasteiger charge is 2.04. The van der Waals surface area contributed by atoms with Crippen LogP contribution in [0.3, 0.4) is 0 Å². The van der Waals surface area contributed by atoms with Gasteiger partial charge in [-0.05, 0) is 17.7 Å². The predicted octanol–water partition coefficient (Wildman–Crippen LogP) is 2.62.